The van der Waals surface area contributed by atoms with Crippen molar-refractivity contribution in [3.8, 4) is 0 Å². The highest BCUT2D eigenvalue weighted by molar-refractivity contribution is 7.92. The Morgan fingerprint density at radius 1 is 1.53 bits per heavy atom. The predicted molar refractivity (Wildman–Crippen MR) is 75.8 cm³/mol. The van der Waals surface area contributed by atoms with E-state index in [0.717, 1.165) is 37.9 Å². The van der Waals surface area contributed by atoms with Crippen molar-refractivity contribution in [2.45, 2.75) is 43.4 Å². The summed E-state index contributed by atoms with van der Waals surface area (Å²) in [6.45, 7) is 0. The second kappa shape index (κ2) is 6.05. The molecule has 0 aromatic carbocycles. The third-order valence-electron chi connectivity index (χ3n) is 4.05. The van der Waals surface area contributed by atoms with Crippen LogP contribution in [0.5, 0.6) is 0 Å². The SMILES string of the molecule is CNC(CCc1nccn1C)C1CCCCS1(=O)=O. The summed E-state index contributed by atoms with van der Waals surface area (Å²) in [6, 6.07) is 0.0296. The molecule has 1 aromatic heterocycles. The summed E-state index contributed by atoms with van der Waals surface area (Å²) in [5, 5.41) is 2.96. The van der Waals surface area contributed by atoms with Crippen LogP contribution in [0, 0.1) is 0 Å². The molecule has 0 amide bonds. The van der Waals surface area contributed by atoms with Crippen molar-refractivity contribution in [1.29, 1.82) is 0 Å². The average molecular weight is 285 g/mol. The summed E-state index contributed by atoms with van der Waals surface area (Å²) in [4.78, 5) is 4.29. The third-order valence-corrected chi connectivity index (χ3v) is 6.39. The van der Waals surface area contributed by atoms with Crippen molar-refractivity contribution in [2.24, 2.45) is 7.05 Å². The van der Waals surface area contributed by atoms with Crippen LogP contribution < -0.4 is 5.32 Å². The molecule has 0 spiro atoms. The molecule has 5 nitrogen and oxygen atoms in total. The van der Waals surface area contributed by atoms with E-state index in [9.17, 15) is 8.42 Å². The Hall–Kier alpha value is -0.880. The van der Waals surface area contributed by atoms with Crippen LogP contribution in [-0.4, -0.2) is 42.1 Å². The van der Waals surface area contributed by atoms with E-state index in [1.165, 1.54) is 0 Å². The first-order chi connectivity index (χ1) is 9.04. The third kappa shape index (κ3) is 3.36. The van der Waals surface area contributed by atoms with E-state index < -0.39 is 9.84 Å². The Labute approximate surface area is 115 Å². The first-order valence-corrected chi connectivity index (χ1v) is 8.61. The highest BCUT2D eigenvalue weighted by atomic mass is 32.2. The molecular weight excluding hydrogens is 262 g/mol. The fraction of sp³-hybridized carbons (Fsp3) is 0.769. The van der Waals surface area contributed by atoms with E-state index in [-0.39, 0.29) is 11.3 Å². The van der Waals surface area contributed by atoms with E-state index in [0.29, 0.717) is 5.75 Å². The molecule has 2 heterocycles. The van der Waals surface area contributed by atoms with E-state index in [1.807, 2.05) is 24.9 Å². The van der Waals surface area contributed by atoms with Gasteiger partial charge in [0, 0.05) is 31.9 Å². The number of aryl methyl sites for hydroxylation is 2. The lowest BCUT2D eigenvalue weighted by molar-refractivity contribution is 0.435. The number of nitrogens with one attached hydrogen (secondary N) is 1. The zero-order chi connectivity index (χ0) is 13.9. The molecule has 2 rings (SSSR count). The van der Waals surface area contributed by atoms with Crippen LogP contribution in [0.3, 0.4) is 0 Å². The van der Waals surface area contributed by atoms with Crippen molar-refractivity contribution in [1.82, 2.24) is 14.9 Å². The Kier molecular flexibility index (Phi) is 4.62. The molecule has 2 unspecified atom stereocenters. The van der Waals surface area contributed by atoms with Crippen molar-refractivity contribution in [3.63, 3.8) is 0 Å². The topological polar surface area (TPSA) is 64.0 Å². The molecule has 0 saturated carbocycles. The fourth-order valence-corrected chi connectivity index (χ4v) is 5.08. The summed E-state index contributed by atoms with van der Waals surface area (Å²) in [5.74, 6) is 1.35. The van der Waals surface area contributed by atoms with Gasteiger partial charge in [0.1, 0.15) is 5.82 Å². The van der Waals surface area contributed by atoms with Gasteiger partial charge in [-0.15, -0.1) is 0 Å². The van der Waals surface area contributed by atoms with E-state index in [4.69, 9.17) is 0 Å². The molecule has 1 aliphatic rings. The molecule has 1 fully saturated rings. The quantitative estimate of drug-likeness (QED) is 0.873. The molecule has 6 heteroatoms. The van der Waals surface area contributed by atoms with E-state index >= 15 is 0 Å². The van der Waals surface area contributed by atoms with Crippen molar-refractivity contribution in [2.75, 3.05) is 12.8 Å². The molecule has 0 aliphatic carbocycles. The van der Waals surface area contributed by atoms with Crippen molar-refractivity contribution >= 4 is 9.84 Å². The summed E-state index contributed by atoms with van der Waals surface area (Å²) in [5.41, 5.74) is 0. The second-order valence-electron chi connectivity index (χ2n) is 5.29. The van der Waals surface area contributed by atoms with Crippen LogP contribution in [0.25, 0.3) is 0 Å². The van der Waals surface area contributed by atoms with Gasteiger partial charge in [-0.25, -0.2) is 13.4 Å². The first kappa shape index (κ1) is 14.5. The summed E-state index contributed by atoms with van der Waals surface area (Å²) < 4.78 is 26.3. The molecule has 2 atom stereocenters. The van der Waals surface area contributed by atoms with E-state index in [1.54, 1.807) is 6.20 Å². The smallest absolute Gasteiger partial charge is 0.154 e. The van der Waals surface area contributed by atoms with Crippen LogP contribution in [0.2, 0.25) is 0 Å². The lowest BCUT2D eigenvalue weighted by Crippen LogP contribution is -2.45. The normalized spacial score (nSPS) is 24.2. The van der Waals surface area contributed by atoms with Gasteiger partial charge < -0.3 is 9.88 Å². The predicted octanol–water partition coefficient (Wildman–Crippen LogP) is 0.908. The number of aromatic nitrogens is 2. The molecule has 1 aliphatic heterocycles. The minimum absolute atomic E-state index is 0.0296. The monoisotopic (exact) mass is 285 g/mol. The largest absolute Gasteiger partial charge is 0.338 e. The molecule has 19 heavy (non-hydrogen) atoms. The van der Waals surface area contributed by atoms with Gasteiger partial charge in [-0.05, 0) is 26.3 Å². The molecule has 1 aromatic rings. The second-order valence-corrected chi connectivity index (χ2v) is 7.63. The van der Waals surface area contributed by atoms with Gasteiger partial charge in [0.25, 0.3) is 0 Å². The highest BCUT2D eigenvalue weighted by Crippen LogP contribution is 2.24. The van der Waals surface area contributed by atoms with Gasteiger partial charge >= 0.3 is 0 Å². The Balaban J connectivity index is 2.02. The number of hydrogen-bond donors (Lipinski definition) is 1. The maximum absolute atomic E-state index is 12.1. The van der Waals surface area contributed by atoms with Gasteiger partial charge in [0.15, 0.2) is 9.84 Å². The van der Waals surface area contributed by atoms with Crippen LogP contribution in [0.15, 0.2) is 12.4 Å². The van der Waals surface area contributed by atoms with Gasteiger partial charge in [-0.1, -0.05) is 6.42 Å². The standard InChI is InChI=1S/C13H23N3O2S/c1-14-11(6-7-13-15-8-9-16(13)2)12-5-3-4-10-19(12,17)18/h8-9,11-12,14H,3-7,10H2,1-2H3. The molecular formula is C13H23N3O2S. The molecule has 1 saturated heterocycles. The van der Waals surface area contributed by atoms with Crippen LogP contribution >= 0.6 is 0 Å². The number of imidazole rings is 1. The van der Waals surface area contributed by atoms with Gasteiger partial charge in [0.2, 0.25) is 0 Å². The van der Waals surface area contributed by atoms with Crippen LogP contribution in [0.4, 0.5) is 0 Å². The number of sulfone groups is 1. The minimum Gasteiger partial charge on any atom is -0.338 e. The van der Waals surface area contributed by atoms with Gasteiger partial charge in [-0.2, -0.15) is 0 Å². The van der Waals surface area contributed by atoms with Crippen LogP contribution in [-0.2, 0) is 23.3 Å². The highest BCUT2D eigenvalue weighted by Gasteiger charge is 2.34. The summed E-state index contributed by atoms with van der Waals surface area (Å²) in [6.07, 6.45) is 7.93. The number of nitrogens with zero attached hydrogens (tertiary/aromatic N) is 2. The number of hydrogen-bond acceptors (Lipinski definition) is 4. The van der Waals surface area contributed by atoms with Crippen LogP contribution in [0.1, 0.15) is 31.5 Å². The van der Waals surface area contributed by atoms with E-state index in [2.05, 4.69) is 10.3 Å². The zero-order valence-corrected chi connectivity index (χ0v) is 12.5. The van der Waals surface area contributed by atoms with Gasteiger partial charge in [-0.3, -0.25) is 0 Å². The average Bonchev–Trinajstić information content (AvgIpc) is 2.77. The fourth-order valence-electron chi connectivity index (χ4n) is 2.87. The van der Waals surface area contributed by atoms with Gasteiger partial charge in [0.05, 0.1) is 11.0 Å². The molecule has 1 N–H and O–H groups in total. The van der Waals surface area contributed by atoms with Crippen molar-refractivity contribution in [3.05, 3.63) is 18.2 Å². The Bertz CT molecular complexity index is 510. The van der Waals surface area contributed by atoms with Crippen molar-refractivity contribution < 1.29 is 8.42 Å². The molecule has 0 bridgehead atoms. The maximum atomic E-state index is 12.1. The zero-order valence-electron chi connectivity index (χ0n) is 11.7. The molecule has 108 valence electrons. The number of rotatable bonds is 5. The Morgan fingerprint density at radius 3 is 2.89 bits per heavy atom. The summed E-state index contributed by atoms with van der Waals surface area (Å²) in [7, 11) is 0.895. The first-order valence-electron chi connectivity index (χ1n) is 6.89. The lowest BCUT2D eigenvalue weighted by Gasteiger charge is -2.29. The minimum atomic E-state index is -2.93. The summed E-state index contributed by atoms with van der Waals surface area (Å²) >= 11 is 0. The maximum Gasteiger partial charge on any atom is 0.154 e. The Morgan fingerprint density at radius 2 is 2.32 bits per heavy atom. The molecule has 0 radical (unpaired) electrons. The lowest BCUT2D eigenvalue weighted by atomic mass is 10.0.